The summed E-state index contributed by atoms with van der Waals surface area (Å²) in [4.78, 5) is 12.2. The molecule has 3 rings (SSSR count). The zero-order valence-electron chi connectivity index (χ0n) is 15.1. The number of rotatable bonds is 6. The van der Waals surface area contributed by atoms with Gasteiger partial charge in [-0.2, -0.15) is 0 Å². The van der Waals surface area contributed by atoms with Gasteiger partial charge >= 0.3 is 0 Å². The summed E-state index contributed by atoms with van der Waals surface area (Å²) in [5.41, 5.74) is 4.85. The van der Waals surface area contributed by atoms with Crippen LogP contribution in [0.25, 0.3) is 11.3 Å². The highest BCUT2D eigenvalue weighted by molar-refractivity contribution is 5.94. The zero-order chi connectivity index (χ0) is 18.5. The van der Waals surface area contributed by atoms with Crippen molar-refractivity contribution in [3.63, 3.8) is 0 Å². The van der Waals surface area contributed by atoms with E-state index in [1.165, 1.54) is 11.1 Å². The van der Waals surface area contributed by atoms with E-state index in [4.69, 9.17) is 9.37 Å². The second-order valence-corrected chi connectivity index (χ2v) is 6.09. The molecule has 0 fully saturated rings. The number of nitrogens with zero attached hydrogens (tertiary/aromatic N) is 2. The molecule has 6 heteroatoms. The highest BCUT2D eigenvalue weighted by Crippen LogP contribution is 2.26. The van der Waals surface area contributed by atoms with E-state index in [1.54, 1.807) is 0 Å². The van der Waals surface area contributed by atoms with E-state index in [9.17, 15) is 4.79 Å². The van der Waals surface area contributed by atoms with Crippen LogP contribution in [0.15, 0.2) is 47.1 Å². The second kappa shape index (κ2) is 7.82. The van der Waals surface area contributed by atoms with E-state index in [-0.39, 0.29) is 18.3 Å². The summed E-state index contributed by atoms with van der Waals surface area (Å²) in [6.07, 6.45) is 0.960. The fraction of sp³-hybridized carbons (Fsp3) is 0.250. The standard InChI is InChI=1S/C20H21N3O3/c1-4-15-6-9-17(10-7-15)25-12-18(24)21-20-19(22-26-23-20)16-8-5-13(2)14(3)11-16/h5-11H,4,12H2,1-3H3,(H,21,23,24). The molecule has 6 nitrogen and oxygen atoms in total. The van der Waals surface area contributed by atoms with Crippen LogP contribution >= 0.6 is 0 Å². The van der Waals surface area contributed by atoms with Crippen LogP contribution < -0.4 is 10.1 Å². The van der Waals surface area contributed by atoms with Crippen LogP contribution in [0.2, 0.25) is 0 Å². The number of hydrogen-bond acceptors (Lipinski definition) is 5. The first kappa shape index (κ1) is 17.7. The molecule has 0 bridgehead atoms. The van der Waals surface area contributed by atoms with E-state index in [1.807, 2.05) is 56.3 Å². The highest BCUT2D eigenvalue weighted by atomic mass is 16.6. The molecule has 0 aliphatic carbocycles. The SMILES string of the molecule is CCc1ccc(OCC(=O)Nc2nonc2-c2ccc(C)c(C)c2)cc1. The monoisotopic (exact) mass is 351 g/mol. The van der Waals surface area contributed by atoms with Crippen molar-refractivity contribution < 1.29 is 14.2 Å². The Kier molecular flexibility index (Phi) is 5.31. The number of carbonyl (C=O) groups excluding carboxylic acids is 1. The van der Waals surface area contributed by atoms with Gasteiger partial charge in [-0.15, -0.1) is 0 Å². The first-order valence-corrected chi connectivity index (χ1v) is 8.48. The Morgan fingerprint density at radius 2 is 1.85 bits per heavy atom. The molecule has 1 N–H and O–H groups in total. The fourth-order valence-electron chi connectivity index (χ4n) is 2.49. The minimum atomic E-state index is -0.328. The Hall–Kier alpha value is -3.15. The van der Waals surface area contributed by atoms with Crippen molar-refractivity contribution >= 4 is 11.7 Å². The minimum absolute atomic E-state index is 0.120. The van der Waals surface area contributed by atoms with Crippen molar-refractivity contribution in [2.45, 2.75) is 27.2 Å². The first-order valence-electron chi connectivity index (χ1n) is 8.48. The van der Waals surface area contributed by atoms with E-state index < -0.39 is 0 Å². The number of anilines is 1. The maximum absolute atomic E-state index is 12.2. The Balaban J connectivity index is 1.64. The van der Waals surface area contributed by atoms with Gasteiger partial charge in [0.1, 0.15) is 5.75 Å². The number of carbonyl (C=O) groups is 1. The largest absolute Gasteiger partial charge is 0.484 e. The number of hydrogen-bond donors (Lipinski definition) is 1. The third-order valence-corrected chi connectivity index (χ3v) is 4.23. The number of amides is 1. The number of nitrogens with one attached hydrogen (secondary N) is 1. The van der Waals surface area contributed by atoms with Gasteiger partial charge in [0.2, 0.25) is 5.82 Å². The molecule has 0 aliphatic rings. The first-order chi connectivity index (χ1) is 12.6. The lowest BCUT2D eigenvalue weighted by Crippen LogP contribution is -2.20. The summed E-state index contributed by atoms with van der Waals surface area (Å²) in [6, 6.07) is 13.6. The number of aromatic nitrogens is 2. The van der Waals surface area contributed by atoms with Crippen molar-refractivity contribution in [2.75, 3.05) is 11.9 Å². The zero-order valence-corrected chi connectivity index (χ0v) is 15.1. The normalized spacial score (nSPS) is 10.6. The van der Waals surface area contributed by atoms with Crippen molar-refractivity contribution in [3.05, 3.63) is 59.2 Å². The predicted molar refractivity (Wildman–Crippen MR) is 99.2 cm³/mol. The third-order valence-electron chi connectivity index (χ3n) is 4.23. The van der Waals surface area contributed by atoms with Crippen LogP contribution in [-0.4, -0.2) is 22.8 Å². The van der Waals surface area contributed by atoms with Crippen molar-refractivity contribution in [2.24, 2.45) is 0 Å². The molecule has 0 spiro atoms. The molecule has 0 aliphatic heterocycles. The number of ether oxygens (including phenoxy) is 1. The molecule has 0 saturated heterocycles. The molecular weight excluding hydrogens is 330 g/mol. The molecule has 0 unspecified atom stereocenters. The second-order valence-electron chi connectivity index (χ2n) is 6.09. The summed E-state index contributed by atoms with van der Waals surface area (Å²) in [7, 11) is 0. The van der Waals surface area contributed by atoms with Crippen LogP contribution in [0.5, 0.6) is 5.75 Å². The van der Waals surface area contributed by atoms with Crippen LogP contribution in [-0.2, 0) is 11.2 Å². The van der Waals surface area contributed by atoms with Gasteiger partial charge < -0.3 is 10.1 Å². The van der Waals surface area contributed by atoms with Crippen LogP contribution in [0, 0.1) is 13.8 Å². The lowest BCUT2D eigenvalue weighted by Gasteiger charge is -2.07. The number of aryl methyl sites for hydroxylation is 3. The molecule has 1 heterocycles. The van der Waals surface area contributed by atoms with Crippen molar-refractivity contribution in [1.82, 2.24) is 10.3 Å². The maximum Gasteiger partial charge on any atom is 0.263 e. The number of benzene rings is 2. The van der Waals surface area contributed by atoms with Gasteiger partial charge in [0.15, 0.2) is 12.3 Å². The summed E-state index contributed by atoms with van der Waals surface area (Å²) in [5.74, 6) is 0.596. The molecule has 0 saturated carbocycles. The molecule has 0 atom stereocenters. The molecule has 0 radical (unpaired) electrons. The van der Waals surface area contributed by atoms with E-state index >= 15 is 0 Å². The molecule has 1 aromatic heterocycles. The highest BCUT2D eigenvalue weighted by Gasteiger charge is 2.16. The Bertz CT molecular complexity index is 901. The van der Waals surface area contributed by atoms with E-state index in [0.717, 1.165) is 17.5 Å². The van der Waals surface area contributed by atoms with Crippen LogP contribution in [0.3, 0.4) is 0 Å². The molecule has 2 aromatic carbocycles. The third kappa shape index (κ3) is 4.08. The van der Waals surface area contributed by atoms with Gasteiger partial charge in [-0.1, -0.05) is 31.2 Å². The summed E-state index contributed by atoms with van der Waals surface area (Å²) < 4.78 is 10.3. The Morgan fingerprint density at radius 3 is 2.54 bits per heavy atom. The van der Waals surface area contributed by atoms with Gasteiger partial charge in [0, 0.05) is 5.56 Å². The molecule has 134 valence electrons. The lowest BCUT2D eigenvalue weighted by molar-refractivity contribution is -0.118. The topological polar surface area (TPSA) is 77.2 Å². The van der Waals surface area contributed by atoms with E-state index in [2.05, 4.69) is 22.6 Å². The van der Waals surface area contributed by atoms with Crippen molar-refractivity contribution in [3.8, 4) is 17.0 Å². The van der Waals surface area contributed by atoms with Gasteiger partial charge in [0.25, 0.3) is 5.91 Å². The molecular formula is C20H21N3O3. The predicted octanol–water partition coefficient (Wildman–Crippen LogP) is 3.93. The Morgan fingerprint density at radius 1 is 1.08 bits per heavy atom. The molecule has 1 amide bonds. The van der Waals surface area contributed by atoms with Crippen LogP contribution in [0.1, 0.15) is 23.6 Å². The van der Waals surface area contributed by atoms with Gasteiger partial charge in [-0.25, -0.2) is 4.63 Å². The molecule has 3 aromatic rings. The average Bonchev–Trinajstić information content (AvgIpc) is 3.10. The average molecular weight is 351 g/mol. The summed E-state index contributed by atoms with van der Waals surface area (Å²) in [6.45, 7) is 6.02. The minimum Gasteiger partial charge on any atom is -0.484 e. The Labute approximate surface area is 152 Å². The quantitative estimate of drug-likeness (QED) is 0.728. The van der Waals surface area contributed by atoms with Crippen LogP contribution in [0.4, 0.5) is 5.82 Å². The smallest absolute Gasteiger partial charge is 0.263 e. The van der Waals surface area contributed by atoms with Gasteiger partial charge in [-0.3, -0.25) is 4.79 Å². The van der Waals surface area contributed by atoms with Gasteiger partial charge in [0.05, 0.1) is 0 Å². The van der Waals surface area contributed by atoms with Gasteiger partial charge in [-0.05, 0) is 65.5 Å². The lowest BCUT2D eigenvalue weighted by atomic mass is 10.0. The van der Waals surface area contributed by atoms with E-state index in [0.29, 0.717) is 11.4 Å². The fourth-order valence-corrected chi connectivity index (χ4v) is 2.49. The maximum atomic E-state index is 12.2. The summed E-state index contributed by atoms with van der Waals surface area (Å²) >= 11 is 0. The molecule has 26 heavy (non-hydrogen) atoms. The van der Waals surface area contributed by atoms with Crippen molar-refractivity contribution in [1.29, 1.82) is 0 Å². The summed E-state index contributed by atoms with van der Waals surface area (Å²) in [5, 5.41) is 10.4.